The predicted molar refractivity (Wildman–Crippen MR) is 110 cm³/mol. The van der Waals surface area contributed by atoms with Crippen molar-refractivity contribution in [1.29, 1.82) is 0 Å². The maximum absolute atomic E-state index is 13.0. The van der Waals surface area contributed by atoms with E-state index in [9.17, 15) is 4.79 Å². The van der Waals surface area contributed by atoms with Crippen LogP contribution in [0.4, 0.5) is 0 Å². The van der Waals surface area contributed by atoms with Gasteiger partial charge in [0.15, 0.2) is 5.16 Å². The van der Waals surface area contributed by atoms with Gasteiger partial charge >= 0.3 is 0 Å². The summed E-state index contributed by atoms with van der Waals surface area (Å²) in [6.45, 7) is 5.02. The van der Waals surface area contributed by atoms with Gasteiger partial charge in [-0.2, -0.15) is 0 Å². The molecule has 0 aliphatic carbocycles. The highest BCUT2D eigenvalue weighted by Crippen LogP contribution is 2.23. The average Bonchev–Trinajstić information content (AvgIpc) is 3.08. The molecule has 138 valence electrons. The summed E-state index contributed by atoms with van der Waals surface area (Å²) in [5.41, 5.74) is 2.69. The SMILES string of the molecule is CC(C)CCn1c(SCc2cn3ccccc3n2)nc2ccccc2c1=O. The van der Waals surface area contributed by atoms with Gasteiger partial charge in [0.05, 0.1) is 16.6 Å². The Bertz CT molecular complexity index is 1110. The van der Waals surface area contributed by atoms with Gasteiger partial charge in [0.1, 0.15) is 5.65 Å². The van der Waals surface area contributed by atoms with Crippen molar-refractivity contribution in [2.45, 2.75) is 37.7 Å². The maximum Gasteiger partial charge on any atom is 0.262 e. The van der Waals surface area contributed by atoms with Crippen LogP contribution in [0.3, 0.4) is 0 Å². The molecule has 0 unspecified atom stereocenters. The van der Waals surface area contributed by atoms with E-state index in [2.05, 4.69) is 18.8 Å². The first-order valence-corrected chi connectivity index (χ1v) is 10.2. The number of nitrogens with zero attached hydrogens (tertiary/aromatic N) is 4. The highest BCUT2D eigenvalue weighted by Gasteiger charge is 2.13. The fourth-order valence-electron chi connectivity index (χ4n) is 3.04. The van der Waals surface area contributed by atoms with Crippen LogP contribution in [0.2, 0.25) is 0 Å². The second-order valence-electron chi connectivity index (χ2n) is 7.04. The monoisotopic (exact) mass is 378 g/mol. The Morgan fingerprint density at radius 3 is 2.70 bits per heavy atom. The van der Waals surface area contributed by atoms with E-state index in [-0.39, 0.29) is 5.56 Å². The van der Waals surface area contributed by atoms with E-state index in [4.69, 9.17) is 4.98 Å². The molecule has 0 N–H and O–H groups in total. The first-order valence-electron chi connectivity index (χ1n) is 9.17. The Kier molecular flexibility index (Phi) is 4.99. The van der Waals surface area contributed by atoms with E-state index in [1.165, 1.54) is 0 Å². The summed E-state index contributed by atoms with van der Waals surface area (Å²) in [5.74, 6) is 1.20. The Hall–Kier alpha value is -2.60. The molecule has 0 aliphatic rings. The van der Waals surface area contributed by atoms with Crippen molar-refractivity contribution in [2.75, 3.05) is 0 Å². The van der Waals surface area contributed by atoms with Gasteiger partial charge in [0, 0.05) is 24.7 Å². The third-order valence-corrected chi connectivity index (χ3v) is 5.53. The topological polar surface area (TPSA) is 52.2 Å². The van der Waals surface area contributed by atoms with Gasteiger partial charge in [-0.1, -0.05) is 43.8 Å². The molecule has 27 heavy (non-hydrogen) atoms. The second-order valence-corrected chi connectivity index (χ2v) is 7.98. The number of pyridine rings is 1. The van der Waals surface area contributed by atoms with Crippen LogP contribution in [0, 0.1) is 5.92 Å². The lowest BCUT2D eigenvalue weighted by molar-refractivity contribution is 0.481. The molecule has 5 nitrogen and oxygen atoms in total. The van der Waals surface area contributed by atoms with Crippen LogP contribution < -0.4 is 5.56 Å². The van der Waals surface area contributed by atoms with Gasteiger partial charge in [0.2, 0.25) is 0 Å². The molecule has 3 aromatic heterocycles. The van der Waals surface area contributed by atoms with Gasteiger partial charge in [-0.15, -0.1) is 0 Å². The van der Waals surface area contributed by atoms with Gasteiger partial charge < -0.3 is 4.40 Å². The standard InChI is InChI=1S/C21H22N4OS/c1-15(2)10-12-25-20(26)17-7-3-4-8-18(17)23-21(25)27-14-16-13-24-11-6-5-9-19(24)22-16/h3-9,11,13,15H,10,12,14H2,1-2H3. The van der Waals surface area contributed by atoms with E-state index in [0.29, 0.717) is 23.6 Å². The number of para-hydroxylation sites is 1. The molecule has 0 amide bonds. The summed E-state index contributed by atoms with van der Waals surface area (Å²) >= 11 is 1.57. The molecule has 0 atom stereocenters. The molecule has 0 spiro atoms. The summed E-state index contributed by atoms with van der Waals surface area (Å²) in [4.78, 5) is 22.4. The van der Waals surface area contributed by atoms with E-state index in [1.54, 1.807) is 11.8 Å². The summed E-state index contributed by atoms with van der Waals surface area (Å²) in [6, 6.07) is 13.5. The zero-order valence-corrected chi connectivity index (χ0v) is 16.3. The summed E-state index contributed by atoms with van der Waals surface area (Å²) in [5, 5.41) is 1.44. The van der Waals surface area contributed by atoms with Crippen molar-refractivity contribution in [2.24, 2.45) is 5.92 Å². The third-order valence-electron chi connectivity index (χ3n) is 4.52. The number of rotatable bonds is 6. The molecule has 1 aromatic carbocycles. The number of aromatic nitrogens is 4. The second kappa shape index (κ2) is 7.56. The fraction of sp³-hybridized carbons (Fsp3) is 0.286. The summed E-state index contributed by atoms with van der Waals surface area (Å²) < 4.78 is 3.83. The molecule has 6 heteroatoms. The highest BCUT2D eigenvalue weighted by molar-refractivity contribution is 7.98. The fourth-order valence-corrected chi connectivity index (χ4v) is 3.95. The van der Waals surface area contributed by atoms with E-state index < -0.39 is 0 Å². The van der Waals surface area contributed by atoms with Gasteiger partial charge in [0.25, 0.3) is 5.56 Å². The summed E-state index contributed by atoms with van der Waals surface area (Å²) in [7, 11) is 0. The lowest BCUT2D eigenvalue weighted by atomic mass is 10.1. The largest absolute Gasteiger partial charge is 0.307 e. The van der Waals surface area contributed by atoms with Gasteiger partial charge in [-0.3, -0.25) is 9.36 Å². The first kappa shape index (κ1) is 17.8. The summed E-state index contributed by atoms with van der Waals surface area (Å²) in [6.07, 6.45) is 4.96. The Labute approximate surface area is 162 Å². The van der Waals surface area contributed by atoms with Crippen molar-refractivity contribution in [3.05, 3.63) is 70.9 Å². The quantitative estimate of drug-likeness (QED) is 0.369. The number of imidazole rings is 1. The van der Waals surface area contributed by atoms with Crippen molar-refractivity contribution in [3.8, 4) is 0 Å². The molecule has 0 saturated carbocycles. The average molecular weight is 379 g/mol. The van der Waals surface area contributed by atoms with Crippen LogP contribution in [-0.2, 0) is 12.3 Å². The molecular weight excluding hydrogens is 356 g/mol. The lowest BCUT2D eigenvalue weighted by Gasteiger charge is -2.13. The predicted octanol–water partition coefficient (Wildman–Crippen LogP) is 4.38. The van der Waals surface area contributed by atoms with E-state index >= 15 is 0 Å². The van der Waals surface area contributed by atoms with Gasteiger partial charge in [-0.25, -0.2) is 9.97 Å². The number of hydrogen-bond acceptors (Lipinski definition) is 4. The molecule has 0 bridgehead atoms. The van der Waals surface area contributed by atoms with Gasteiger partial charge in [-0.05, 0) is 36.6 Å². The zero-order valence-electron chi connectivity index (χ0n) is 15.5. The van der Waals surface area contributed by atoms with E-state index in [1.807, 2.05) is 63.8 Å². The van der Waals surface area contributed by atoms with Crippen LogP contribution in [0.5, 0.6) is 0 Å². The molecule has 3 heterocycles. The Balaban J connectivity index is 1.68. The lowest BCUT2D eigenvalue weighted by Crippen LogP contribution is -2.24. The Morgan fingerprint density at radius 2 is 1.89 bits per heavy atom. The Morgan fingerprint density at radius 1 is 1.07 bits per heavy atom. The first-order chi connectivity index (χ1) is 13.1. The minimum atomic E-state index is 0.0405. The molecule has 4 rings (SSSR count). The van der Waals surface area contributed by atoms with Crippen molar-refractivity contribution < 1.29 is 0 Å². The van der Waals surface area contributed by atoms with Crippen molar-refractivity contribution >= 4 is 28.3 Å². The van der Waals surface area contributed by atoms with Crippen LogP contribution in [0.25, 0.3) is 16.6 Å². The van der Waals surface area contributed by atoms with Crippen LogP contribution >= 0.6 is 11.8 Å². The molecule has 0 fully saturated rings. The van der Waals surface area contributed by atoms with Crippen LogP contribution in [0.15, 0.2) is 64.8 Å². The van der Waals surface area contributed by atoms with Crippen molar-refractivity contribution in [1.82, 2.24) is 18.9 Å². The molecule has 0 saturated heterocycles. The third kappa shape index (κ3) is 3.76. The number of fused-ring (bicyclic) bond motifs is 2. The van der Waals surface area contributed by atoms with Crippen molar-refractivity contribution in [3.63, 3.8) is 0 Å². The van der Waals surface area contributed by atoms with E-state index in [0.717, 1.165) is 28.4 Å². The molecular formula is C21H22N4OS. The minimum absolute atomic E-state index is 0.0405. The van der Waals surface area contributed by atoms with Crippen LogP contribution in [-0.4, -0.2) is 18.9 Å². The number of hydrogen-bond donors (Lipinski definition) is 0. The maximum atomic E-state index is 13.0. The highest BCUT2D eigenvalue weighted by atomic mass is 32.2. The normalized spacial score (nSPS) is 11.7. The number of benzene rings is 1. The smallest absolute Gasteiger partial charge is 0.262 e. The minimum Gasteiger partial charge on any atom is -0.307 e. The van der Waals surface area contributed by atoms with Crippen LogP contribution in [0.1, 0.15) is 26.0 Å². The zero-order chi connectivity index (χ0) is 18.8. The molecule has 0 aliphatic heterocycles. The molecule has 4 aromatic rings. The molecule has 0 radical (unpaired) electrons. The number of thioether (sulfide) groups is 1.